The summed E-state index contributed by atoms with van der Waals surface area (Å²) in [6, 6.07) is 0. The third-order valence-corrected chi connectivity index (χ3v) is 6.82. The molecule has 2 amide bonds. The Bertz CT molecular complexity index is 711. The molecule has 0 aromatic rings. The number of hydrogen-bond donors (Lipinski definition) is 1. The highest BCUT2D eigenvalue weighted by Gasteiger charge is 2.35. The van der Waals surface area contributed by atoms with E-state index < -0.39 is 5.67 Å². The summed E-state index contributed by atoms with van der Waals surface area (Å²) in [7, 11) is 0. The van der Waals surface area contributed by atoms with Gasteiger partial charge in [0.2, 0.25) is 5.91 Å². The Balaban J connectivity index is 2.17. The van der Waals surface area contributed by atoms with Gasteiger partial charge in [0.05, 0.1) is 0 Å². The second-order valence-corrected chi connectivity index (χ2v) is 9.78. The van der Waals surface area contributed by atoms with Crippen molar-refractivity contribution in [2.45, 2.75) is 91.2 Å². The fraction of sp³-hybridized carbons (Fsp3) is 0.800. The molecule has 0 bridgehead atoms. The Morgan fingerprint density at radius 2 is 1.91 bits per heavy atom. The van der Waals surface area contributed by atoms with Crippen LogP contribution in [0.5, 0.6) is 0 Å². The molecule has 2 fully saturated rings. The molecule has 182 valence electrons. The Hall–Kier alpha value is -1.92. The second-order valence-electron chi connectivity index (χ2n) is 9.78. The Labute approximate surface area is 193 Å². The number of allylic oxidation sites excluding steroid dienone is 1. The van der Waals surface area contributed by atoms with Crippen LogP contribution in [0.2, 0.25) is 0 Å². The number of carbonyl (C=O) groups is 2. The van der Waals surface area contributed by atoms with Crippen LogP contribution in [0.25, 0.3) is 0 Å². The summed E-state index contributed by atoms with van der Waals surface area (Å²) < 4.78 is 14.9. The first-order chi connectivity index (χ1) is 15.2. The topological polar surface area (TPSA) is 79.0 Å². The van der Waals surface area contributed by atoms with Crippen LogP contribution in [0.4, 0.5) is 4.39 Å². The maximum atomic E-state index is 14.9. The van der Waals surface area contributed by atoms with E-state index in [0.29, 0.717) is 49.7 Å². The molecule has 32 heavy (non-hydrogen) atoms. The molecule has 1 aliphatic carbocycles. The monoisotopic (exact) mass is 450 g/mol. The van der Waals surface area contributed by atoms with Gasteiger partial charge in [0, 0.05) is 43.9 Å². The van der Waals surface area contributed by atoms with E-state index in [1.807, 2.05) is 4.90 Å². The van der Waals surface area contributed by atoms with E-state index in [1.54, 1.807) is 11.8 Å². The first-order valence-corrected chi connectivity index (χ1v) is 12.5. The van der Waals surface area contributed by atoms with Crippen molar-refractivity contribution in [1.29, 1.82) is 0 Å². The van der Waals surface area contributed by atoms with Crippen molar-refractivity contribution in [3.63, 3.8) is 0 Å². The number of amides is 2. The van der Waals surface area contributed by atoms with E-state index in [0.717, 1.165) is 45.1 Å². The number of nitrogens with zero attached hydrogens (tertiary/aromatic N) is 3. The summed E-state index contributed by atoms with van der Waals surface area (Å²) in [5.74, 6) is 0.332. The molecule has 0 spiro atoms. The van der Waals surface area contributed by atoms with Crippen LogP contribution in [-0.2, 0) is 9.59 Å². The largest absolute Gasteiger partial charge is 0.394 e. The van der Waals surface area contributed by atoms with Gasteiger partial charge in [0.25, 0.3) is 5.91 Å². The number of halogens is 1. The molecular formula is C25H43FN4O2. The standard InChI is InChI=1S/C25H43FN4O2/c1-5-13-29(16-11-19(3)6-2)22(31)18-28-21-10-12-25(4,26)17-20(21)23(27)24(32)30-14-8-7-9-15-30/h19H,5-18,27H2,1-4H3/b23-20-,28-21?. The summed E-state index contributed by atoms with van der Waals surface area (Å²) in [5, 5.41) is 0. The third-order valence-electron chi connectivity index (χ3n) is 6.82. The zero-order valence-electron chi connectivity index (χ0n) is 20.6. The molecule has 0 radical (unpaired) electrons. The lowest BCUT2D eigenvalue weighted by molar-refractivity contribution is -0.130. The number of nitrogens with two attached hydrogens (primary N) is 1. The Morgan fingerprint density at radius 1 is 1.22 bits per heavy atom. The number of likely N-dealkylation sites (tertiary alicyclic amines) is 1. The fourth-order valence-corrected chi connectivity index (χ4v) is 4.39. The smallest absolute Gasteiger partial charge is 0.270 e. The van der Waals surface area contributed by atoms with E-state index in [2.05, 4.69) is 25.8 Å². The van der Waals surface area contributed by atoms with Gasteiger partial charge in [0.1, 0.15) is 17.9 Å². The number of alkyl halides is 1. The lowest BCUT2D eigenvalue weighted by atomic mass is 9.81. The summed E-state index contributed by atoms with van der Waals surface area (Å²) >= 11 is 0. The average Bonchev–Trinajstić information content (AvgIpc) is 2.79. The third kappa shape index (κ3) is 7.59. The molecule has 1 heterocycles. The number of carbonyl (C=O) groups excluding carboxylic acids is 2. The van der Waals surface area contributed by atoms with Gasteiger partial charge in [-0.3, -0.25) is 14.6 Å². The molecule has 6 nitrogen and oxygen atoms in total. The first-order valence-electron chi connectivity index (χ1n) is 12.5. The second kappa shape index (κ2) is 12.4. The predicted octanol–water partition coefficient (Wildman–Crippen LogP) is 4.24. The maximum Gasteiger partial charge on any atom is 0.270 e. The quantitative estimate of drug-likeness (QED) is 0.534. The SMILES string of the molecule is CCCN(CCC(C)CC)C(=O)CN=C1CCC(C)(F)C/C1=C(/N)C(=O)N1CCCCC1. The molecule has 0 aromatic carbocycles. The summed E-state index contributed by atoms with van der Waals surface area (Å²) in [6.45, 7) is 10.8. The van der Waals surface area contributed by atoms with Crippen LogP contribution in [-0.4, -0.2) is 65.7 Å². The average molecular weight is 451 g/mol. The normalized spacial score (nSPS) is 25.5. The van der Waals surface area contributed by atoms with Gasteiger partial charge in [-0.1, -0.05) is 27.2 Å². The molecule has 2 N–H and O–H groups in total. The molecule has 0 aromatic heterocycles. The van der Waals surface area contributed by atoms with Gasteiger partial charge in [-0.05, 0) is 57.8 Å². The van der Waals surface area contributed by atoms with Gasteiger partial charge >= 0.3 is 0 Å². The van der Waals surface area contributed by atoms with Gasteiger partial charge in [-0.2, -0.15) is 0 Å². The van der Waals surface area contributed by atoms with E-state index >= 15 is 0 Å². The van der Waals surface area contributed by atoms with Crippen LogP contribution in [0, 0.1) is 5.92 Å². The molecular weight excluding hydrogens is 407 g/mol. The molecule has 2 rings (SSSR count). The summed E-state index contributed by atoms with van der Waals surface area (Å²) in [4.78, 5) is 34.1. The number of rotatable bonds is 9. The minimum Gasteiger partial charge on any atom is -0.394 e. The number of hydrogen-bond acceptors (Lipinski definition) is 4. The van der Waals surface area contributed by atoms with Crippen molar-refractivity contribution in [3.05, 3.63) is 11.3 Å². The zero-order valence-corrected chi connectivity index (χ0v) is 20.6. The van der Waals surface area contributed by atoms with Crippen LogP contribution in [0.1, 0.15) is 85.5 Å². The minimum atomic E-state index is -1.42. The Morgan fingerprint density at radius 3 is 2.53 bits per heavy atom. The highest BCUT2D eigenvalue weighted by molar-refractivity contribution is 6.08. The van der Waals surface area contributed by atoms with Crippen LogP contribution in [0.15, 0.2) is 16.3 Å². The molecule has 1 aliphatic heterocycles. The highest BCUT2D eigenvalue weighted by atomic mass is 19.1. The highest BCUT2D eigenvalue weighted by Crippen LogP contribution is 2.34. The molecule has 1 saturated heterocycles. The molecule has 1 saturated carbocycles. The number of aliphatic imine (C=N–C) groups is 1. The van der Waals surface area contributed by atoms with E-state index in [1.165, 1.54) is 0 Å². The predicted molar refractivity (Wildman–Crippen MR) is 128 cm³/mol. The molecule has 2 unspecified atom stereocenters. The minimum absolute atomic E-state index is 0.0171. The van der Waals surface area contributed by atoms with Crippen molar-refractivity contribution in [2.75, 3.05) is 32.7 Å². The molecule has 7 heteroatoms. The van der Waals surface area contributed by atoms with Crippen molar-refractivity contribution in [1.82, 2.24) is 9.80 Å². The fourth-order valence-electron chi connectivity index (χ4n) is 4.39. The van der Waals surface area contributed by atoms with Crippen molar-refractivity contribution in [2.24, 2.45) is 16.6 Å². The van der Waals surface area contributed by atoms with Crippen molar-refractivity contribution in [3.8, 4) is 0 Å². The van der Waals surface area contributed by atoms with Gasteiger partial charge < -0.3 is 15.5 Å². The lowest BCUT2D eigenvalue weighted by Gasteiger charge is -2.32. The van der Waals surface area contributed by atoms with Crippen LogP contribution < -0.4 is 5.73 Å². The van der Waals surface area contributed by atoms with E-state index in [-0.39, 0.29) is 30.5 Å². The van der Waals surface area contributed by atoms with Crippen molar-refractivity contribution >= 4 is 17.5 Å². The molecule has 2 atom stereocenters. The van der Waals surface area contributed by atoms with E-state index in [9.17, 15) is 14.0 Å². The lowest BCUT2D eigenvalue weighted by Crippen LogP contribution is -2.41. The van der Waals surface area contributed by atoms with Crippen molar-refractivity contribution < 1.29 is 14.0 Å². The summed E-state index contributed by atoms with van der Waals surface area (Å²) in [5.41, 5.74) is 6.08. The van der Waals surface area contributed by atoms with E-state index in [4.69, 9.17) is 5.73 Å². The Kier molecular flexibility index (Phi) is 10.2. The summed E-state index contributed by atoms with van der Waals surface area (Å²) in [6.07, 6.45) is 6.79. The maximum absolute atomic E-state index is 14.9. The molecule has 2 aliphatic rings. The van der Waals surface area contributed by atoms with Gasteiger partial charge in [-0.15, -0.1) is 0 Å². The zero-order chi connectivity index (χ0) is 23.7. The van der Waals surface area contributed by atoms with Crippen LogP contribution in [0.3, 0.4) is 0 Å². The van der Waals surface area contributed by atoms with Gasteiger partial charge in [0.15, 0.2) is 0 Å². The first kappa shape index (κ1) is 26.3. The van der Waals surface area contributed by atoms with Crippen LogP contribution >= 0.6 is 0 Å². The van der Waals surface area contributed by atoms with Gasteiger partial charge in [-0.25, -0.2) is 4.39 Å². The number of piperidine rings is 1.